The molecule has 0 aliphatic heterocycles. The van der Waals surface area contributed by atoms with E-state index in [9.17, 15) is 0 Å². The Morgan fingerprint density at radius 1 is 0.476 bits per heavy atom. The Bertz CT molecular complexity index is 1860. The van der Waals surface area contributed by atoms with Gasteiger partial charge in [-0.05, 0) is 76.2 Å². The zero-order chi connectivity index (χ0) is 28.8. The van der Waals surface area contributed by atoms with Gasteiger partial charge in [0.1, 0.15) is 23.0 Å². The van der Waals surface area contributed by atoms with E-state index in [1.54, 1.807) is 0 Å². The minimum atomic E-state index is 0.861. The summed E-state index contributed by atoms with van der Waals surface area (Å²) in [6, 6.07) is 37.4. The summed E-state index contributed by atoms with van der Waals surface area (Å²) in [5.41, 5.74) is 9.89. The van der Waals surface area contributed by atoms with Gasteiger partial charge in [-0.25, -0.2) is 9.36 Å². The van der Waals surface area contributed by atoms with E-state index < -0.39 is 0 Å². The van der Waals surface area contributed by atoms with E-state index >= 15 is 0 Å². The van der Waals surface area contributed by atoms with Crippen molar-refractivity contribution in [3.8, 4) is 56.4 Å². The third-order valence-electron chi connectivity index (χ3n) is 7.53. The van der Waals surface area contributed by atoms with E-state index in [0.717, 1.165) is 79.4 Å². The number of para-hydroxylation sites is 2. The molecule has 0 unspecified atom stereocenters. The molecule has 4 aromatic heterocycles. The monoisotopic (exact) mass is 550 g/mol. The van der Waals surface area contributed by atoms with Gasteiger partial charge in [-0.3, -0.25) is 0 Å². The molecule has 6 heteroatoms. The Kier molecular flexibility index (Phi) is 6.24. The molecule has 4 heterocycles. The summed E-state index contributed by atoms with van der Waals surface area (Å²) in [6.45, 7) is 7.89. The number of nitrogens with zero attached hydrogens (tertiary/aromatic N) is 4. The van der Waals surface area contributed by atoms with Crippen molar-refractivity contribution in [2.75, 3.05) is 0 Å². The topological polar surface area (TPSA) is 61.9 Å². The first-order valence-electron chi connectivity index (χ1n) is 14.0. The summed E-state index contributed by atoms with van der Waals surface area (Å²) < 4.78 is 15.6. The predicted octanol–water partition coefficient (Wildman–Crippen LogP) is 9.15. The summed E-state index contributed by atoms with van der Waals surface area (Å²) >= 11 is 0. The van der Waals surface area contributed by atoms with Gasteiger partial charge in [-0.1, -0.05) is 60.7 Å². The maximum absolute atomic E-state index is 5.82. The molecule has 7 aromatic rings. The van der Waals surface area contributed by atoms with Crippen LogP contribution in [-0.4, -0.2) is 19.6 Å². The van der Waals surface area contributed by atoms with Gasteiger partial charge in [0, 0.05) is 22.3 Å². The second kappa shape index (κ2) is 10.2. The lowest BCUT2D eigenvalue weighted by Gasteiger charge is -2.10. The van der Waals surface area contributed by atoms with Crippen LogP contribution in [0.4, 0.5) is 0 Å². The highest BCUT2D eigenvalue weighted by molar-refractivity contribution is 5.76. The molecule has 3 aromatic carbocycles. The van der Waals surface area contributed by atoms with Crippen LogP contribution in [0.3, 0.4) is 0 Å². The minimum absolute atomic E-state index is 0.861. The summed E-state index contributed by atoms with van der Waals surface area (Å²) in [7, 11) is 0. The molecule has 0 bridgehead atoms. The zero-order valence-corrected chi connectivity index (χ0v) is 24.0. The first kappa shape index (κ1) is 25.6. The molecule has 0 atom stereocenters. The SMILES string of the molecule is Cc1cc(-c2cc(-c3ccc(-c4cc(-c5cc(C)oc5C)nn4-c4ccccc4)cc3)n(-c3ccccc3)n2)c(C)o1. The molecule has 7 rings (SSSR count). The lowest BCUT2D eigenvalue weighted by atomic mass is 10.0. The average molecular weight is 551 g/mol. The smallest absolute Gasteiger partial charge is 0.110 e. The number of benzene rings is 3. The van der Waals surface area contributed by atoms with Gasteiger partial charge in [0.2, 0.25) is 0 Å². The van der Waals surface area contributed by atoms with E-state index in [1.807, 2.05) is 85.6 Å². The fourth-order valence-electron chi connectivity index (χ4n) is 5.55. The molecule has 0 saturated heterocycles. The molecular formula is C36H30N4O2. The van der Waals surface area contributed by atoms with Crippen LogP contribution >= 0.6 is 0 Å². The van der Waals surface area contributed by atoms with Crippen molar-refractivity contribution >= 4 is 0 Å². The van der Waals surface area contributed by atoms with Crippen molar-refractivity contribution in [1.82, 2.24) is 19.6 Å². The number of hydrogen-bond acceptors (Lipinski definition) is 4. The van der Waals surface area contributed by atoms with Crippen LogP contribution in [-0.2, 0) is 0 Å². The highest BCUT2D eigenvalue weighted by Gasteiger charge is 2.19. The summed E-state index contributed by atoms with van der Waals surface area (Å²) in [6.07, 6.45) is 0. The van der Waals surface area contributed by atoms with Crippen LogP contribution < -0.4 is 0 Å². The van der Waals surface area contributed by atoms with E-state index in [4.69, 9.17) is 19.0 Å². The molecule has 0 amide bonds. The molecule has 0 spiro atoms. The number of aromatic nitrogens is 4. The first-order chi connectivity index (χ1) is 20.4. The Balaban J connectivity index is 1.33. The van der Waals surface area contributed by atoms with Crippen molar-refractivity contribution in [1.29, 1.82) is 0 Å². The zero-order valence-electron chi connectivity index (χ0n) is 24.0. The van der Waals surface area contributed by atoms with Crippen LogP contribution in [0.2, 0.25) is 0 Å². The predicted molar refractivity (Wildman–Crippen MR) is 166 cm³/mol. The normalized spacial score (nSPS) is 11.3. The highest BCUT2D eigenvalue weighted by Crippen LogP contribution is 2.35. The van der Waals surface area contributed by atoms with Crippen molar-refractivity contribution in [2.45, 2.75) is 27.7 Å². The Labute approximate surface area is 244 Å². The molecule has 42 heavy (non-hydrogen) atoms. The molecule has 6 nitrogen and oxygen atoms in total. The van der Waals surface area contributed by atoms with E-state index in [0.29, 0.717) is 0 Å². The molecule has 0 fully saturated rings. The third kappa shape index (κ3) is 4.57. The largest absolute Gasteiger partial charge is 0.466 e. The second-order valence-corrected chi connectivity index (χ2v) is 10.6. The van der Waals surface area contributed by atoms with Crippen molar-refractivity contribution < 1.29 is 8.83 Å². The molecule has 0 radical (unpaired) electrons. The van der Waals surface area contributed by atoms with Crippen LogP contribution in [0.25, 0.3) is 56.4 Å². The van der Waals surface area contributed by atoms with E-state index in [1.165, 1.54) is 0 Å². The maximum Gasteiger partial charge on any atom is 0.110 e. The number of hydrogen-bond donors (Lipinski definition) is 0. The van der Waals surface area contributed by atoms with E-state index in [2.05, 4.69) is 60.7 Å². The van der Waals surface area contributed by atoms with Gasteiger partial charge >= 0.3 is 0 Å². The second-order valence-electron chi connectivity index (χ2n) is 10.6. The van der Waals surface area contributed by atoms with Crippen molar-refractivity contribution in [3.63, 3.8) is 0 Å². The molecule has 0 saturated carbocycles. The summed E-state index contributed by atoms with van der Waals surface area (Å²) in [5, 5.41) is 10.0. The van der Waals surface area contributed by atoms with Crippen LogP contribution in [0.1, 0.15) is 23.0 Å². The van der Waals surface area contributed by atoms with Gasteiger partial charge in [-0.2, -0.15) is 10.2 Å². The fourth-order valence-corrected chi connectivity index (χ4v) is 5.55. The van der Waals surface area contributed by atoms with Gasteiger partial charge < -0.3 is 8.83 Å². The third-order valence-corrected chi connectivity index (χ3v) is 7.53. The van der Waals surface area contributed by atoms with Gasteiger partial charge in [0.05, 0.1) is 34.2 Å². The van der Waals surface area contributed by atoms with Crippen molar-refractivity contribution in [2.24, 2.45) is 0 Å². The van der Waals surface area contributed by atoms with Crippen LogP contribution in [0, 0.1) is 27.7 Å². The van der Waals surface area contributed by atoms with Gasteiger partial charge in [-0.15, -0.1) is 0 Å². The minimum Gasteiger partial charge on any atom is -0.466 e. The fraction of sp³-hybridized carbons (Fsp3) is 0.111. The van der Waals surface area contributed by atoms with Crippen LogP contribution in [0.5, 0.6) is 0 Å². The molecule has 0 aliphatic carbocycles. The molecular weight excluding hydrogens is 520 g/mol. The first-order valence-corrected chi connectivity index (χ1v) is 14.0. The maximum atomic E-state index is 5.82. The number of rotatable bonds is 6. The lowest BCUT2D eigenvalue weighted by Crippen LogP contribution is -2.00. The molecule has 0 N–H and O–H groups in total. The Hall–Kier alpha value is -5.36. The quantitative estimate of drug-likeness (QED) is 0.207. The van der Waals surface area contributed by atoms with Gasteiger partial charge in [0.15, 0.2) is 0 Å². The van der Waals surface area contributed by atoms with Crippen molar-refractivity contribution in [3.05, 3.63) is 132 Å². The summed E-state index contributed by atoms with van der Waals surface area (Å²) in [5.74, 6) is 3.47. The van der Waals surface area contributed by atoms with E-state index in [-0.39, 0.29) is 0 Å². The Morgan fingerprint density at radius 3 is 1.19 bits per heavy atom. The highest BCUT2D eigenvalue weighted by atomic mass is 16.3. The number of furan rings is 2. The number of aryl methyl sites for hydroxylation is 4. The molecule has 206 valence electrons. The average Bonchev–Trinajstić information content (AvgIpc) is 3.79. The van der Waals surface area contributed by atoms with Crippen LogP contribution in [0.15, 0.2) is 118 Å². The standard InChI is InChI=1S/C36H30N4O2/c1-23-19-31(25(3)41-23)33-21-35(39(37-33)29-11-7-5-8-12-29)27-15-17-28(18-16-27)36-22-34(32-20-24(2)42-26(32)4)38-40(36)30-13-9-6-10-14-30/h5-22H,1-4H3. The lowest BCUT2D eigenvalue weighted by molar-refractivity contribution is 0.505. The summed E-state index contributed by atoms with van der Waals surface area (Å²) in [4.78, 5) is 0. The Morgan fingerprint density at radius 2 is 0.857 bits per heavy atom. The molecule has 0 aliphatic rings. The van der Waals surface area contributed by atoms with Gasteiger partial charge in [0.25, 0.3) is 0 Å².